The minimum Gasteiger partial charge on any atom is -0.481 e. The van der Waals surface area contributed by atoms with E-state index in [9.17, 15) is 9.90 Å². The van der Waals surface area contributed by atoms with Crippen LogP contribution in [0.1, 0.15) is 12.0 Å². The fourth-order valence-corrected chi connectivity index (χ4v) is 2.60. The van der Waals surface area contributed by atoms with Crippen LogP contribution in [0.5, 0.6) is 0 Å². The van der Waals surface area contributed by atoms with Crippen molar-refractivity contribution in [3.63, 3.8) is 0 Å². The molecule has 0 bridgehead atoms. The van der Waals surface area contributed by atoms with Crippen LogP contribution in [0, 0.1) is 0 Å². The van der Waals surface area contributed by atoms with Gasteiger partial charge < -0.3 is 10.4 Å². The Hall–Kier alpha value is -0.770. The lowest BCUT2D eigenvalue weighted by Gasteiger charge is -2.23. The first-order valence-corrected chi connectivity index (χ1v) is 5.71. The molecule has 86 valence electrons. The summed E-state index contributed by atoms with van der Waals surface area (Å²) in [6.07, 6.45) is 0.555. The van der Waals surface area contributed by atoms with E-state index in [0.29, 0.717) is 35.1 Å². The predicted molar refractivity (Wildman–Crippen MR) is 63.3 cm³/mol. The fraction of sp³-hybridized carbons (Fsp3) is 0.364. The molecule has 1 fully saturated rings. The Morgan fingerprint density at radius 1 is 1.31 bits per heavy atom. The van der Waals surface area contributed by atoms with Gasteiger partial charge in [0.1, 0.15) is 5.41 Å². The average molecular weight is 260 g/mol. The molecule has 3 nitrogen and oxygen atoms in total. The largest absolute Gasteiger partial charge is 0.481 e. The van der Waals surface area contributed by atoms with Gasteiger partial charge in [0.25, 0.3) is 0 Å². The summed E-state index contributed by atoms with van der Waals surface area (Å²) in [5, 5.41) is 13.4. The van der Waals surface area contributed by atoms with E-state index in [1.54, 1.807) is 18.2 Å². The van der Waals surface area contributed by atoms with E-state index < -0.39 is 11.4 Å². The monoisotopic (exact) mass is 259 g/mol. The van der Waals surface area contributed by atoms with Crippen molar-refractivity contribution in [2.75, 3.05) is 13.1 Å². The topological polar surface area (TPSA) is 49.3 Å². The molecule has 16 heavy (non-hydrogen) atoms. The van der Waals surface area contributed by atoms with E-state index >= 15 is 0 Å². The third-order valence-corrected chi connectivity index (χ3v) is 3.42. The van der Waals surface area contributed by atoms with Crippen LogP contribution in [-0.2, 0) is 10.2 Å². The molecule has 5 heteroatoms. The van der Waals surface area contributed by atoms with Crippen LogP contribution in [-0.4, -0.2) is 24.2 Å². The number of nitrogens with one attached hydrogen (secondary N) is 1. The van der Waals surface area contributed by atoms with Crippen molar-refractivity contribution in [3.05, 3.63) is 33.8 Å². The number of halogens is 2. The molecule has 1 unspecified atom stereocenters. The number of benzene rings is 1. The quantitative estimate of drug-likeness (QED) is 0.857. The fourth-order valence-electron chi connectivity index (χ4n) is 2.07. The smallest absolute Gasteiger partial charge is 0.315 e. The molecule has 1 aromatic rings. The first-order chi connectivity index (χ1) is 7.54. The number of rotatable bonds is 2. The van der Waals surface area contributed by atoms with Crippen LogP contribution in [0.4, 0.5) is 0 Å². The zero-order chi connectivity index (χ0) is 11.8. The van der Waals surface area contributed by atoms with Crippen LogP contribution in [0.3, 0.4) is 0 Å². The van der Waals surface area contributed by atoms with Crippen LogP contribution in [0.25, 0.3) is 0 Å². The highest BCUT2D eigenvalue weighted by Crippen LogP contribution is 2.34. The Labute approximate surface area is 103 Å². The van der Waals surface area contributed by atoms with Crippen LogP contribution >= 0.6 is 23.2 Å². The van der Waals surface area contributed by atoms with E-state index in [-0.39, 0.29) is 0 Å². The van der Waals surface area contributed by atoms with Crippen molar-refractivity contribution in [1.29, 1.82) is 0 Å². The van der Waals surface area contributed by atoms with E-state index in [1.807, 2.05) is 0 Å². The first-order valence-electron chi connectivity index (χ1n) is 4.95. The molecule has 1 aromatic carbocycles. The lowest BCUT2D eigenvalue weighted by Crippen LogP contribution is -2.37. The van der Waals surface area contributed by atoms with Gasteiger partial charge in [-0.15, -0.1) is 0 Å². The third kappa shape index (κ3) is 1.90. The number of aliphatic carboxylic acids is 1. The van der Waals surface area contributed by atoms with Crippen LogP contribution in [0.2, 0.25) is 10.0 Å². The van der Waals surface area contributed by atoms with Gasteiger partial charge in [0.2, 0.25) is 0 Å². The first kappa shape index (κ1) is 11.7. The van der Waals surface area contributed by atoms with Gasteiger partial charge in [0, 0.05) is 16.6 Å². The highest BCUT2D eigenvalue weighted by Gasteiger charge is 2.43. The number of carbonyl (C=O) groups is 1. The van der Waals surface area contributed by atoms with Crippen molar-refractivity contribution in [2.24, 2.45) is 0 Å². The second-order valence-corrected chi connectivity index (χ2v) is 4.85. The molecule has 1 heterocycles. The highest BCUT2D eigenvalue weighted by molar-refractivity contribution is 6.34. The van der Waals surface area contributed by atoms with Gasteiger partial charge in [-0.25, -0.2) is 0 Å². The lowest BCUT2D eigenvalue weighted by atomic mass is 9.80. The number of carboxylic acids is 1. The maximum atomic E-state index is 11.4. The molecule has 0 amide bonds. The van der Waals surface area contributed by atoms with Gasteiger partial charge in [-0.3, -0.25) is 4.79 Å². The van der Waals surface area contributed by atoms with Gasteiger partial charge in [0.15, 0.2) is 0 Å². The molecule has 0 saturated carbocycles. The van der Waals surface area contributed by atoms with Crippen molar-refractivity contribution in [3.8, 4) is 0 Å². The van der Waals surface area contributed by atoms with E-state index in [2.05, 4.69) is 5.32 Å². The Kier molecular flexibility index (Phi) is 3.10. The van der Waals surface area contributed by atoms with E-state index in [1.165, 1.54) is 0 Å². The lowest BCUT2D eigenvalue weighted by molar-refractivity contribution is -0.143. The van der Waals surface area contributed by atoms with Gasteiger partial charge >= 0.3 is 5.97 Å². The second-order valence-electron chi connectivity index (χ2n) is 3.97. The Morgan fingerprint density at radius 2 is 1.94 bits per heavy atom. The highest BCUT2D eigenvalue weighted by atomic mass is 35.5. The van der Waals surface area contributed by atoms with Crippen molar-refractivity contribution in [1.82, 2.24) is 5.32 Å². The summed E-state index contributed by atoms with van der Waals surface area (Å²) in [6, 6.07) is 4.95. The predicted octanol–water partition coefficient (Wildman–Crippen LogP) is 2.31. The standard InChI is InChI=1S/C11H11Cl2NO2/c12-8-3-7(4-9(13)5-8)11(10(15)16)1-2-14-6-11/h3-5,14H,1-2,6H2,(H,15,16). The normalized spacial score (nSPS) is 24.6. The van der Waals surface area contributed by atoms with Gasteiger partial charge in [-0.1, -0.05) is 23.2 Å². The molecular formula is C11H11Cl2NO2. The summed E-state index contributed by atoms with van der Waals surface area (Å²) in [4.78, 5) is 11.4. The van der Waals surface area contributed by atoms with Crippen LogP contribution in [0.15, 0.2) is 18.2 Å². The molecule has 0 spiro atoms. The van der Waals surface area contributed by atoms with Gasteiger partial charge in [0.05, 0.1) is 0 Å². The number of hydrogen-bond donors (Lipinski definition) is 2. The molecule has 1 saturated heterocycles. The van der Waals surface area contributed by atoms with Crippen molar-refractivity contribution >= 4 is 29.2 Å². The molecule has 1 aliphatic heterocycles. The minimum atomic E-state index is -0.894. The van der Waals surface area contributed by atoms with Gasteiger partial charge in [-0.05, 0) is 36.7 Å². The van der Waals surface area contributed by atoms with E-state index in [4.69, 9.17) is 23.2 Å². The summed E-state index contributed by atoms with van der Waals surface area (Å²) in [7, 11) is 0. The summed E-state index contributed by atoms with van der Waals surface area (Å²) in [5.41, 5.74) is -0.225. The molecule has 0 aliphatic carbocycles. The molecule has 1 aliphatic rings. The molecule has 0 radical (unpaired) electrons. The molecular weight excluding hydrogens is 249 g/mol. The summed E-state index contributed by atoms with van der Waals surface area (Å²) in [6.45, 7) is 1.11. The Balaban J connectivity index is 2.51. The Morgan fingerprint density at radius 3 is 2.38 bits per heavy atom. The van der Waals surface area contributed by atoms with Crippen molar-refractivity contribution in [2.45, 2.75) is 11.8 Å². The van der Waals surface area contributed by atoms with Gasteiger partial charge in [-0.2, -0.15) is 0 Å². The van der Waals surface area contributed by atoms with Crippen molar-refractivity contribution < 1.29 is 9.90 Å². The second kappa shape index (κ2) is 4.24. The van der Waals surface area contributed by atoms with E-state index in [0.717, 1.165) is 0 Å². The summed E-state index contributed by atoms with van der Waals surface area (Å²) in [5.74, 6) is -0.837. The molecule has 2 rings (SSSR count). The Bertz CT molecular complexity index is 408. The minimum absolute atomic E-state index is 0.416. The SMILES string of the molecule is O=C(O)C1(c2cc(Cl)cc(Cl)c2)CCNC1. The average Bonchev–Trinajstić information content (AvgIpc) is 2.65. The maximum absolute atomic E-state index is 11.4. The number of carboxylic acid groups (broad SMARTS) is 1. The summed E-state index contributed by atoms with van der Waals surface area (Å²) < 4.78 is 0. The zero-order valence-electron chi connectivity index (χ0n) is 8.46. The summed E-state index contributed by atoms with van der Waals surface area (Å²) >= 11 is 11.8. The molecule has 2 N–H and O–H groups in total. The van der Waals surface area contributed by atoms with Crippen LogP contribution < -0.4 is 5.32 Å². The maximum Gasteiger partial charge on any atom is 0.315 e. The molecule has 0 aromatic heterocycles. The molecule has 1 atom stereocenters. The third-order valence-electron chi connectivity index (χ3n) is 2.98. The number of hydrogen-bond acceptors (Lipinski definition) is 2. The zero-order valence-corrected chi connectivity index (χ0v) is 9.98.